The molecule has 118 valence electrons. The Labute approximate surface area is 148 Å². The summed E-state index contributed by atoms with van der Waals surface area (Å²) in [6.45, 7) is 1.02. The van der Waals surface area contributed by atoms with E-state index in [0.29, 0.717) is 28.0 Å². The van der Waals surface area contributed by atoms with Crippen molar-refractivity contribution in [1.82, 2.24) is 0 Å². The zero-order chi connectivity index (χ0) is 16.2. The Morgan fingerprint density at radius 2 is 2.04 bits per heavy atom. The Hall–Kier alpha value is -1.49. The van der Waals surface area contributed by atoms with Gasteiger partial charge in [0.15, 0.2) is 0 Å². The van der Waals surface area contributed by atoms with E-state index in [1.807, 2.05) is 12.1 Å². The summed E-state index contributed by atoms with van der Waals surface area (Å²) in [4.78, 5) is 16.5. The Kier molecular flexibility index (Phi) is 5.26. The van der Waals surface area contributed by atoms with Crippen LogP contribution in [0.15, 0.2) is 47.5 Å². The number of carbonyl (C=O) groups excluding carboxylic acids is 1. The van der Waals surface area contributed by atoms with Gasteiger partial charge in [-0.15, -0.1) is 11.8 Å². The molecular weight excluding hydrogens is 353 g/mol. The summed E-state index contributed by atoms with van der Waals surface area (Å²) in [5.74, 6) is 0.199. The summed E-state index contributed by atoms with van der Waals surface area (Å²) >= 11 is 13.4. The average Bonchev–Trinajstić information content (AvgIpc) is 2.94. The maximum Gasteiger partial charge on any atom is 0.339 e. The number of aliphatic imine (C=N–C) groups is 1. The van der Waals surface area contributed by atoms with Crippen molar-refractivity contribution in [3.63, 3.8) is 0 Å². The van der Waals surface area contributed by atoms with Crippen LogP contribution in [0.3, 0.4) is 0 Å². The molecule has 6 heteroatoms. The van der Waals surface area contributed by atoms with E-state index in [1.54, 1.807) is 23.9 Å². The standard InChI is InChI=1S/C17H13Cl2NO2S/c18-12-5-6-14(15(19)9-12)17(21)22-7-8-23-16-13-4-2-1-3-11(13)10-20-16/h1-6,9H,7-8,10H2. The quantitative estimate of drug-likeness (QED) is 0.574. The highest BCUT2D eigenvalue weighted by molar-refractivity contribution is 8.14. The number of thioether (sulfide) groups is 1. The van der Waals surface area contributed by atoms with Crippen molar-refractivity contribution in [1.29, 1.82) is 0 Å². The predicted octanol–water partition coefficient (Wildman–Crippen LogP) is 4.84. The monoisotopic (exact) mass is 365 g/mol. The summed E-state index contributed by atoms with van der Waals surface area (Å²) < 4.78 is 5.25. The third-order valence-corrected chi connectivity index (χ3v) is 4.89. The van der Waals surface area contributed by atoms with Crippen molar-refractivity contribution in [2.45, 2.75) is 6.54 Å². The fraction of sp³-hybridized carbons (Fsp3) is 0.176. The highest BCUT2D eigenvalue weighted by Crippen LogP contribution is 2.25. The molecule has 0 amide bonds. The molecule has 3 rings (SSSR count). The molecule has 1 heterocycles. The SMILES string of the molecule is O=C(OCCSC1=NCc2ccccc21)c1ccc(Cl)cc1Cl. The van der Waals surface area contributed by atoms with Crippen molar-refractivity contribution in [3.8, 4) is 0 Å². The fourth-order valence-corrected chi connectivity index (χ4v) is 3.59. The van der Waals surface area contributed by atoms with Gasteiger partial charge in [-0.05, 0) is 23.8 Å². The molecule has 0 atom stereocenters. The number of halogens is 2. The van der Waals surface area contributed by atoms with Gasteiger partial charge in [0.1, 0.15) is 6.61 Å². The van der Waals surface area contributed by atoms with Crippen LogP contribution in [-0.4, -0.2) is 23.4 Å². The maximum absolute atomic E-state index is 12.0. The van der Waals surface area contributed by atoms with Crippen LogP contribution < -0.4 is 0 Å². The second-order valence-corrected chi connectivity index (χ2v) is 6.81. The van der Waals surface area contributed by atoms with E-state index in [1.165, 1.54) is 17.2 Å². The summed E-state index contributed by atoms with van der Waals surface area (Å²) in [7, 11) is 0. The van der Waals surface area contributed by atoms with Crippen molar-refractivity contribution < 1.29 is 9.53 Å². The molecule has 23 heavy (non-hydrogen) atoms. The van der Waals surface area contributed by atoms with Gasteiger partial charge < -0.3 is 4.74 Å². The van der Waals surface area contributed by atoms with Crippen LogP contribution in [0, 0.1) is 0 Å². The number of hydrogen-bond donors (Lipinski definition) is 0. The highest BCUT2D eigenvalue weighted by Gasteiger charge is 2.16. The molecule has 0 N–H and O–H groups in total. The lowest BCUT2D eigenvalue weighted by Gasteiger charge is -2.07. The third-order valence-electron chi connectivity index (χ3n) is 3.35. The van der Waals surface area contributed by atoms with Gasteiger partial charge in [0, 0.05) is 16.3 Å². The highest BCUT2D eigenvalue weighted by atomic mass is 35.5. The van der Waals surface area contributed by atoms with Gasteiger partial charge in [-0.25, -0.2) is 4.79 Å². The number of ether oxygens (including phenoxy) is 1. The van der Waals surface area contributed by atoms with Crippen LogP contribution in [0.2, 0.25) is 10.0 Å². The molecule has 2 aromatic rings. The number of carbonyl (C=O) groups is 1. The molecule has 0 aliphatic carbocycles. The van der Waals surface area contributed by atoms with Crippen LogP contribution in [0.4, 0.5) is 0 Å². The molecule has 1 aliphatic heterocycles. The lowest BCUT2D eigenvalue weighted by Crippen LogP contribution is -2.09. The number of hydrogen-bond acceptors (Lipinski definition) is 4. The van der Waals surface area contributed by atoms with E-state index in [9.17, 15) is 4.79 Å². The van der Waals surface area contributed by atoms with Crippen molar-refractivity contribution in [3.05, 3.63) is 69.2 Å². The Bertz CT molecular complexity index is 777. The van der Waals surface area contributed by atoms with Crippen LogP contribution >= 0.6 is 35.0 Å². The first-order valence-corrected chi connectivity index (χ1v) is 8.77. The lowest BCUT2D eigenvalue weighted by molar-refractivity contribution is 0.0530. The number of rotatable bonds is 4. The molecule has 0 saturated carbocycles. The average molecular weight is 366 g/mol. The molecule has 0 bridgehead atoms. The first-order valence-electron chi connectivity index (χ1n) is 7.03. The van der Waals surface area contributed by atoms with Gasteiger partial charge in [0.05, 0.1) is 22.2 Å². The summed E-state index contributed by atoms with van der Waals surface area (Å²) in [5.41, 5.74) is 2.73. The first-order chi connectivity index (χ1) is 11.1. The van der Waals surface area contributed by atoms with Crippen molar-refractivity contribution >= 4 is 46.0 Å². The smallest absolute Gasteiger partial charge is 0.339 e. The number of fused-ring (bicyclic) bond motifs is 1. The van der Waals surface area contributed by atoms with Gasteiger partial charge >= 0.3 is 5.97 Å². The topological polar surface area (TPSA) is 38.7 Å². The lowest BCUT2D eigenvalue weighted by atomic mass is 10.1. The Morgan fingerprint density at radius 1 is 1.22 bits per heavy atom. The van der Waals surface area contributed by atoms with E-state index in [-0.39, 0.29) is 0 Å². The Balaban J connectivity index is 1.50. The van der Waals surface area contributed by atoms with Gasteiger partial charge in [0.25, 0.3) is 0 Å². The predicted molar refractivity (Wildman–Crippen MR) is 95.9 cm³/mol. The van der Waals surface area contributed by atoms with Gasteiger partial charge in [-0.2, -0.15) is 0 Å². The van der Waals surface area contributed by atoms with Gasteiger partial charge in [0.2, 0.25) is 0 Å². The second-order valence-electron chi connectivity index (χ2n) is 4.89. The maximum atomic E-state index is 12.0. The normalized spacial score (nSPS) is 12.7. The Morgan fingerprint density at radius 3 is 2.87 bits per heavy atom. The van der Waals surface area contributed by atoms with E-state index in [0.717, 1.165) is 11.6 Å². The van der Waals surface area contributed by atoms with Gasteiger partial charge in [-0.1, -0.05) is 47.5 Å². The summed E-state index contributed by atoms with van der Waals surface area (Å²) in [6.07, 6.45) is 0. The molecule has 0 saturated heterocycles. The van der Waals surface area contributed by atoms with Crippen molar-refractivity contribution in [2.24, 2.45) is 4.99 Å². The minimum atomic E-state index is -0.443. The third kappa shape index (κ3) is 3.89. The minimum Gasteiger partial charge on any atom is -0.461 e. The van der Waals surface area contributed by atoms with E-state index < -0.39 is 5.97 Å². The summed E-state index contributed by atoms with van der Waals surface area (Å²) in [5, 5.41) is 1.78. The van der Waals surface area contributed by atoms with E-state index in [4.69, 9.17) is 27.9 Å². The fourth-order valence-electron chi connectivity index (χ4n) is 2.24. The zero-order valence-electron chi connectivity index (χ0n) is 12.1. The molecule has 1 aliphatic rings. The number of esters is 1. The summed E-state index contributed by atoms with van der Waals surface area (Å²) in [6, 6.07) is 12.9. The number of benzene rings is 2. The zero-order valence-corrected chi connectivity index (χ0v) is 14.4. The number of nitrogens with zero attached hydrogens (tertiary/aromatic N) is 1. The largest absolute Gasteiger partial charge is 0.461 e. The van der Waals surface area contributed by atoms with Crippen LogP contribution in [0.5, 0.6) is 0 Å². The van der Waals surface area contributed by atoms with Gasteiger partial charge in [-0.3, -0.25) is 4.99 Å². The van der Waals surface area contributed by atoms with Crippen LogP contribution in [0.25, 0.3) is 0 Å². The van der Waals surface area contributed by atoms with E-state index in [2.05, 4.69) is 17.1 Å². The van der Waals surface area contributed by atoms with Crippen LogP contribution in [0.1, 0.15) is 21.5 Å². The van der Waals surface area contributed by atoms with E-state index >= 15 is 0 Å². The molecule has 0 radical (unpaired) electrons. The first kappa shape index (κ1) is 16.4. The van der Waals surface area contributed by atoms with Crippen molar-refractivity contribution in [2.75, 3.05) is 12.4 Å². The molecule has 0 aromatic heterocycles. The molecule has 0 fully saturated rings. The second kappa shape index (κ2) is 7.39. The molecule has 2 aromatic carbocycles. The van der Waals surface area contributed by atoms with Crippen LogP contribution in [-0.2, 0) is 11.3 Å². The minimum absolute atomic E-state index is 0.295. The molecule has 3 nitrogen and oxygen atoms in total. The molecule has 0 spiro atoms. The molecule has 0 unspecified atom stereocenters. The molecular formula is C17H13Cl2NO2S.